The van der Waals surface area contributed by atoms with Crippen LogP contribution in [0.2, 0.25) is 0 Å². The van der Waals surface area contributed by atoms with Gasteiger partial charge in [-0.05, 0) is 37.6 Å². The molecule has 21 heavy (non-hydrogen) atoms. The van der Waals surface area contributed by atoms with Crippen molar-refractivity contribution >= 4 is 11.7 Å². The number of methoxy groups -OCH3 is 1. The molecule has 1 unspecified atom stereocenters. The van der Waals surface area contributed by atoms with E-state index in [0.717, 1.165) is 24.3 Å². The average Bonchev–Trinajstić information content (AvgIpc) is 2.47. The van der Waals surface area contributed by atoms with Gasteiger partial charge < -0.3 is 15.2 Å². The van der Waals surface area contributed by atoms with Crippen LogP contribution in [-0.4, -0.2) is 23.7 Å². The van der Waals surface area contributed by atoms with E-state index in [0.29, 0.717) is 6.42 Å². The van der Waals surface area contributed by atoms with Crippen molar-refractivity contribution in [2.45, 2.75) is 57.9 Å². The quantitative estimate of drug-likeness (QED) is 0.631. The van der Waals surface area contributed by atoms with E-state index >= 15 is 0 Å². The summed E-state index contributed by atoms with van der Waals surface area (Å²) in [5.41, 5.74) is -0.130. The summed E-state index contributed by atoms with van der Waals surface area (Å²) < 4.78 is 5.11. The molecule has 1 aromatic rings. The minimum Gasteiger partial charge on any atom is -0.497 e. The number of ether oxygens (including phenoxy) is 1. The number of rotatable bonds is 10. The summed E-state index contributed by atoms with van der Waals surface area (Å²) in [6.45, 7) is 3.92. The summed E-state index contributed by atoms with van der Waals surface area (Å²) in [4.78, 5) is 11.6. The number of hydrogen-bond acceptors (Lipinski definition) is 3. The highest BCUT2D eigenvalue weighted by Crippen LogP contribution is 2.24. The number of nitrogens with one attached hydrogen (secondary N) is 1. The third-order valence-electron chi connectivity index (χ3n) is 3.76. The van der Waals surface area contributed by atoms with Crippen LogP contribution < -0.4 is 10.1 Å². The molecule has 0 aromatic heterocycles. The summed E-state index contributed by atoms with van der Waals surface area (Å²) in [5.74, 6) is -0.0500. The minimum atomic E-state index is -0.930. The number of benzene rings is 1. The maximum atomic E-state index is 11.6. The summed E-state index contributed by atoms with van der Waals surface area (Å²) in [6, 6.07) is 7.34. The van der Waals surface area contributed by atoms with E-state index in [9.17, 15) is 9.90 Å². The Labute approximate surface area is 127 Å². The predicted octanol–water partition coefficient (Wildman–Crippen LogP) is 4.31. The van der Waals surface area contributed by atoms with Crippen molar-refractivity contribution in [3.05, 3.63) is 24.3 Å². The fourth-order valence-electron chi connectivity index (χ4n) is 2.30. The SMILES string of the molecule is CCCCCCCC(C)(Nc1ccc(OC)cc1)C(=O)O. The molecule has 0 aliphatic heterocycles. The van der Waals surface area contributed by atoms with E-state index in [1.165, 1.54) is 19.3 Å². The topological polar surface area (TPSA) is 58.6 Å². The zero-order valence-corrected chi connectivity index (χ0v) is 13.3. The van der Waals surface area contributed by atoms with Crippen LogP contribution in [-0.2, 0) is 4.79 Å². The van der Waals surface area contributed by atoms with Crippen molar-refractivity contribution < 1.29 is 14.6 Å². The largest absolute Gasteiger partial charge is 0.497 e. The highest BCUT2D eigenvalue weighted by Gasteiger charge is 2.32. The van der Waals surface area contributed by atoms with Crippen molar-refractivity contribution in [2.24, 2.45) is 0 Å². The highest BCUT2D eigenvalue weighted by atomic mass is 16.5. The molecule has 2 N–H and O–H groups in total. The average molecular weight is 293 g/mol. The molecule has 0 saturated heterocycles. The number of carboxylic acids is 1. The monoisotopic (exact) mass is 293 g/mol. The van der Waals surface area contributed by atoms with E-state index in [-0.39, 0.29) is 0 Å². The van der Waals surface area contributed by atoms with E-state index in [2.05, 4.69) is 12.2 Å². The fraction of sp³-hybridized carbons (Fsp3) is 0.588. The Hall–Kier alpha value is -1.71. The molecule has 0 spiro atoms. The van der Waals surface area contributed by atoms with Gasteiger partial charge in [-0.3, -0.25) is 0 Å². The molecule has 0 saturated carbocycles. The first-order valence-electron chi connectivity index (χ1n) is 7.67. The Morgan fingerprint density at radius 3 is 2.33 bits per heavy atom. The minimum absolute atomic E-state index is 0.623. The molecule has 0 fully saturated rings. The summed E-state index contributed by atoms with van der Waals surface area (Å²) in [7, 11) is 1.61. The van der Waals surface area contributed by atoms with Crippen LogP contribution in [0.15, 0.2) is 24.3 Å². The number of aliphatic carboxylic acids is 1. The van der Waals surface area contributed by atoms with Crippen molar-refractivity contribution in [2.75, 3.05) is 12.4 Å². The predicted molar refractivity (Wildman–Crippen MR) is 86.0 cm³/mol. The van der Waals surface area contributed by atoms with Crippen LogP contribution in [0, 0.1) is 0 Å². The maximum absolute atomic E-state index is 11.6. The number of carboxylic acid groups (broad SMARTS) is 1. The first-order chi connectivity index (χ1) is 10.0. The molecule has 0 aliphatic rings. The van der Waals surface area contributed by atoms with Gasteiger partial charge >= 0.3 is 5.97 Å². The van der Waals surface area contributed by atoms with Crippen LogP contribution >= 0.6 is 0 Å². The molecule has 0 amide bonds. The van der Waals surface area contributed by atoms with Crippen LogP contribution in [0.5, 0.6) is 5.75 Å². The lowest BCUT2D eigenvalue weighted by atomic mass is 9.93. The van der Waals surface area contributed by atoms with Crippen LogP contribution in [0.25, 0.3) is 0 Å². The first kappa shape index (κ1) is 17.3. The van der Waals surface area contributed by atoms with Gasteiger partial charge in [0.25, 0.3) is 0 Å². The van der Waals surface area contributed by atoms with Gasteiger partial charge in [-0.2, -0.15) is 0 Å². The van der Waals surface area contributed by atoms with Gasteiger partial charge in [0.15, 0.2) is 0 Å². The molecule has 0 bridgehead atoms. The fourth-order valence-corrected chi connectivity index (χ4v) is 2.30. The second kappa shape index (κ2) is 8.55. The molecule has 4 heteroatoms. The lowest BCUT2D eigenvalue weighted by Gasteiger charge is -2.27. The van der Waals surface area contributed by atoms with Gasteiger partial charge in [0.05, 0.1) is 7.11 Å². The van der Waals surface area contributed by atoms with Crippen molar-refractivity contribution in [3.63, 3.8) is 0 Å². The Balaban J connectivity index is 2.59. The summed E-state index contributed by atoms with van der Waals surface area (Å²) >= 11 is 0. The van der Waals surface area contributed by atoms with Gasteiger partial charge in [-0.15, -0.1) is 0 Å². The van der Waals surface area contributed by atoms with Gasteiger partial charge in [0.1, 0.15) is 11.3 Å². The van der Waals surface area contributed by atoms with Crippen LogP contribution in [0.3, 0.4) is 0 Å². The molecule has 0 radical (unpaired) electrons. The molecule has 0 aliphatic carbocycles. The number of carbonyl (C=O) groups is 1. The summed E-state index contributed by atoms with van der Waals surface area (Å²) in [6.07, 6.45) is 6.22. The number of anilines is 1. The Bertz CT molecular complexity index is 430. The lowest BCUT2D eigenvalue weighted by Crippen LogP contribution is -2.43. The second-order valence-electron chi connectivity index (χ2n) is 5.65. The smallest absolute Gasteiger partial charge is 0.329 e. The third kappa shape index (κ3) is 5.66. The Morgan fingerprint density at radius 2 is 1.81 bits per heavy atom. The van der Waals surface area contributed by atoms with Crippen LogP contribution in [0.1, 0.15) is 52.4 Å². The zero-order valence-electron chi connectivity index (χ0n) is 13.3. The lowest BCUT2D eigenvalue weighted by molar-refractivity contribution is -0.142. The van der Waals surface area contributed by atoms with E-state index in [1.54, 1.807) is 14.0 Å². The Kier molecular flexibility index (Phi) is 7.06. The number of hydrogen-bond donors (Lipinski definition) is 2. The van der Waals surface area contributed by atoms with Gasteiger partial charge in [-0.25, -0.2) is 4.79 Å². The zero-order chi connectivity index (χ0) is 15.7. The highest BCUT2D eigenvalue weighted by molar-refractivity contribution is 5.82. The molecule has 1 aromatic carbocycles. The Morgan fingerprint density at radius 1 is 1.19 bits per heavy atom. The normalized spacial score (nSPS) is 13.5. The molecule has 1 atom stereocenters. The van der Waals surface area contributed by atoms with E-state index < -0.39 is 11.5 Å². The van der Waals surface area contributed by atoms with Gasteiger partial charge in [0.2, 0.25) is 0 Å². The third-order valence-corrected chi connectivity index (χ3v) is 3.76. The van der Waals surface area contributed by atoms with Crippen molar-refractivity contribution in [3.8, 4) is 5.75 Å². The second-order valence-corrected chi connectivity index (χ2v) is 5.65. The van der Waals surface area contributed by atoms with E-state index in [1.807, 2.05) is 24.3 Å². The maximum Gasteiger partial charge on any atom is 0.329 e. The molecule has 0 heterocycles. The van der Waals surface area contributed by atoms with E-state index in [4.69, 9.17) is 4.74 Å². The molecular weight excluding hydrogens is 266 g/mol. The molecule has 4 nitrogen and oxygen atoms in total. The molecule has 1 rings (SSSR count). The van der Waals surface area contributed by atoms with Gasteiger partial charge in [0, 0.05) is 5.69 Å². The standard InChI is InChI=1S/C17H27NO3/c1-4-5-6-7-8-13-17(2,16(19)20)18-14-9-11-15(21-3)12-10-14/h9-12,18H,4-8,13H2,1-3H3,(H,19,20). The van der Waals surface area contributed by atoms with Gasteiger partial charge in [-0.1, -0.05) is 39.0 Å². The van der Waals surface area contributed by atoms with Crippen molar-refractivity contribution in [1.29, 1.82) is 0 Å². The first-order valence-corrected chi connectivity index (χ1v) is 7.67. The number of unbranched alkanes of at least 4 members (excludes halogenated alkanes) is 4. The van der Waals surface area contributed by atoms with Crippen molar-refractivity contribution in [1.82, 2.24) is 0 Å². The molecule has 118 valence electrons. The van der Waals surface area contributed by atoms with Crippen LogP contribution in [0.4, 0.5) is 5.69 Å². The molecular formula is C17H27NO3. The summed E-state index contributed by atoms with van der Waals surface area (Å²) in [5, 5.41) is 12.7.